The lowest BCUT2D eigenvalue weighted by molar-refractivity contribution is -0.142. The summed E-state index contributed by atoms with van der Waals surface area (Å²) in [5.74, 6) is -3.02. The van der Waals surface area contributed by atoms with E-state index < -0.39 is 29.1 Å². The molecule has 0 saturated heterocycles. The van der Waals surface area contributed by atoms with Crippen molar-refractivity contribution in [3.63, 3.8) is 0 Å². The van der Waals surface area contributed by atoms with Gasteiger partial charge in [0.2, 0.25) is 11.3 Å². The number of amides is 2. The van der Waals surface area contributed by atoms with Crippen molar-refractivity contribution in [3.8, 4) is 5.75 Å². The van der Waals surface area contributed by atoms with Crippen molar-refractivity contribution < 1.29 is 24.6 Å². The number of aliphatic carboxylic acids is 1. The number of Topliss-reactive ketones (excluding diaryl/α,β-unsaturated/α-hetero) is 1. The maximum atomic E-state index is 12.9. The smallest absolute Gasteiger partial charge is 0.342 e. The summed E-state index contributed by atoms with van der Waals surface area (Å²) in [7, 11) is 0. The molecule has 0 aliphatic rings. The Hall–Kier alpha value is -3.35. The predicted octanol–water partition coefficient (Wildman–Crippen LogP) is 1.22. The number of ketones is 1. The summed E-state index contributed by atoms with van der Waals surface area (Å²) in [6, 6.07) is 11.7. The molecule has 5 N–H and O–H groups in total. The molecule has 0 spiro atoms. The summed E-state index contributed by atoms with van der Waals surface area (Å²) in [4.78, 5) is 36.1. The van der Waals surface area contributed by atoms with Gasteiger partial charge in [-0.15, -0.1) is 0 Å². The van der Waals surface area contributed by atoms with E-state index in [1.807, 2.05) is 5.32 Å². The maximum absolute atomic E-state index is 12.9. The van der Waals surface area contributed by atoms with Crippen LogP contribution >= 0.6 is 0 Å². The van der Waals surface area contributed by atoms with Gasteiger partial charge in [0.1, 0.15) is 5.75 Å². The molecule has 1 atom stereocenters. The molecular weight excluding hydrogens is 300 g/mol. The van der Waals surface area contributed by atoms with E-state index >= 15 is 0 Å². The molecule has 2 rings (SSSR count). The summed E-state index contributed by atoms with van der Waals surface area (Å²) < 4.78 is 0. The highest BCUT2D eigenvalue weighted by atomic mass is 16.4. The van der Waals surface area contributed by atoms with Crippen molar-refractivity contribution in [2.75, 3.05) is 0 Å². The van der Waals surface area contributed by atoms with Gasteiger partial charge in [-0.25, -0.2) is 9.59 Å². The number of phenolic OH excluding ortho intramolecular Hbond substituents is 1. The number of nitrogens with one attached hydrogen (secondary N) is 1. The fraction of sp³-hybridized carbons (Fsp3) is 0.0625. The molecule has 0 radical (unpaired) electrons. The third-order valence-corrected chi connectivity index (χ3v) is 3.33. The zero-order valence-corrected chi connectivity index (χ0v) is 11.9. The van der Waals surface area contributed by atoms with E-state index in [-0.39, 0.29) is 11.1 Å². The fourth-order valence-corrected chi connectivity index (χ4v) is 2.27. The van der Waals surface area contributed by atoms with Crippen LogP contribution in [-0.4, -0.2) is 28.0 Å². The second-order valence-electron chi connectivity index (χ2n) is 4.76. The van der Waals surface area contributed by atoms with Crippen LogP contribution in [0.5, 0.6) is 5.75 Å². The second kappa shape index (κ2) is 6.18. The van der Waals surface area contributed by atoms with Gasteiger partial charge < -0.3 is 21.3 Å². The molecule has 0 saturated carbocycles. The molecule has 2 amide bonds. The first kappa shape index (κ1) is 16.0. The molecule has 0 aliphatic carbocycles. The fourth-order valence-electron chi connectivity index (χ4n) is 2.27. The first-order valence-electron chi connectivity index (χ1n) is 6.59. The van der Waals surface area contributed by atoms with E-state index in [1.165, 1.54) is 48.5 Å². The number of aromatic hydroxyl groups is 1. The Morgan fingerprint density at radius 1 is 0.957 bits per heavy atom. The summed E-state index contributed by atoms with van der Waals surface area (Å²) in [6.07, 6.45) is 0. The van der Waals surface area contributed by atoms with E-state index in [4.69, 9.17) is 5.73 Å². The average Bonchev–Trinajstić information content (AvgIpc) is 2.52. The number of phenols is 1. The Morgan fingerprint density at radius 3 is 2.04 bits per heavy atom. The monoisotopic (exact) mass is 314 g/mol. The van der Waals surface area contributed by atoms with E-state index in [9.17, 15) is 24.6 Å². The van der Waals surface area contributed by atoms with Crippen LogP contribution in [0.4, 0.5) is 4.79 Å². The van der Waals surface area contributed by atoms with Gasteiger partial charge in [0.25, 0.3) is 0 Å². The van der Waals surface area contributed by atoms with Crippen LogP contribution in [0.3, 0.4) is 0 Å². The standard InChI is InChI=1S/C16H14N2O5/c17-15(23)18-16(14(21)22,10-6-2-1-3-7-10)13(20)11-8-4-5-9-12(11)19/h1-9,19H,(H,21,22)(H3,17,18,23). The van der Waals surface area contributed by atoms with Crippen LogP contribution in [0, 0.1) is 0 Å². The summed E-state index contributed by atoms with van der Waals surface area (Å²) in [5.41, 5.74) is 2.41. The van der Waals surface area contributed by atoms with Crippen molar-refractivity contribution in [1.29, 1.82) is 0 Å². The lowest BCUT2D eigenvalue weighted by atomic mass is 9.82. The maximum Gasteiger partial charge on any atom is 0.342 e. The molecule has 118 valence electrons. The van der Waals surface area contributed by atoms with Crippen molar-refractivity contribution in [2.24, 2.45) is 5.73 Å². The number of carbonyl (C=O) groups is 3. The zero-order chi connectivity index (χ0) is 17.0. The third kappa shape index (κ3) is 2.84. The van der Waals surface area contributed by atoms with Crippen molar-refractivity contribution in [1.82, 2.24) is 5.32 Å². The Balaban J connectivity index is 2.71. The highest BCUT2D eigenvalue weighted by Crippen LogP contribution is 2.30. The van der Waals surface area contributed by atoms with Gasteiger partial charge in [0, 0.05) is 0 Å². The Morgan fingerprint density at radius 2 is 1.52 bits per heavy atom. The number of carbonyl (C=O) groups excluding carboxylic acids is 2. The number of hydrogen-bond donors (Lipinski definition) is 4. The average molecular weight is 314 g/mol. The van der Waals surface area contributed by atoms with Gasteiger partial charge in [-0.05, 0) is 17.7 Å². The number of carboxylic acids is 1. The van der Waals surface area contributed by atoms with Gasteiger partial charge >= 0.3 is 12.0 Å². The first-order chi connectivity index (χ1) is 10.9. The minimum Gasteiger partial charge on any atom is -0.507 e. The third-order valence-electron chi connectivity index (χ3n) is 3.33. The SMILES string of the molecule is NC(=O)NC(C(=O)O)(C(=O)c1ccccc1O)c1ccccc1. The molecule has 23 heavy (non-hydrogen) atoms. The van der Waals surface area contributed by atoms with Crippen molar-refractivity contribution in [3.05, 3.63) is 65.7 Å². The quantitative estimate of drug-likeness (QED) is 0.487. The lowest BCUT2D eigenvalue weighted by Gasteiger charge is -2.29. The van der Waals surface area contributed by atoms with Gasteiger partial charge in [-0.1, -0.05) is 42.5 Å². The number of nitrogens with two attached hydrogens (primary N) is 1. The Labute approximate surface area is 131 Å². The van der Waals surface area contributed by atoms with Crippen LogP contribution in [0.1, 0.15) is 15.9 Å². The van der Waals surface area contributed by atoms with E-state index in [2.05, 4.69) is 0 Å². The Bertz CT molecular complexity index is 760. The van der Waals surface area contributed by atoms with Gasteiger partial charge in [-0.3, -0.25) is 4.79 Å². The predicted molar refractivity (Wildman–Crippen MR) is 80.9 cm³/mol. The van der Waals surface area contributed by atoms with Crippen LogP contribution in [-0.2, 0) is 10.3 Å². The van der Waals surface area contributed by atoms with Gasteiger partial charge in [0.15, 0.2) is 0 Å². The summed E-state index contributed by atoms with van der Waals surface area (Å²) >= 11 is 0. The van der Waals surface area contributed by atoms with Crippen LogP contribution in [0.15, 0.2) is 54.6 Å². The molecule has 0 aromatic heterocycles. The van der Waals surface area contributed by atoms with E-state index in [0.29, 0.717) is 0 Å². The van der Waals surface area contributed by atoms with Crippen molar-refractivity contribution in [2.45, 2.75) is 5.54 Å². The number of carboxylic acid groups (broad SMARTS) is 1. The topological polar surface area (TPSA) is 130 Å². The highest BCUT2D eigenvalue weighted by molar-refractivity contribution is 6.18. The minimum atomic E-state index is -2.44. The number of para-hydroxylation sites is 1. The number of primary amides is 1. The largest absolute Gasteiger partial charge is 0.507 e. The number of benzene rings is 2. The molecule has 7 heteroatoms. The zero-order valence-electron chi connectivity index (χ0n) is 11.9. The molecule has 0 fully saturated rings. The highest BCUT2D eigenvalue weighted by Gasteiger charge is 2.50. The molecule has 1 unspecified atom stereocenters. The Kier molecular flexibility index (Phi) is 4.31. The molecule has 2 aromatic rings. The normalized spacial score (nSPS) is 12.9. The van der Waals surface area contributed by atoms with E-state index in [0.717, 1.165) is 0 Å². The molecule has 0 bridgehead atoms. The molecular formula is C16H14N2O5. The van der Waals surface area contributed by atoms with Crippen LogP contribution in [0.25, 0.3) is 0 Å². The van der Waals surface area contributed by atoms with E-state index in [1.54, 1.807) is 6.07 Å². The molecule has 0 heterocycles. The van der Waals surface area contributed by atoms with Gasteiger partial charge in [0.05, 0.1) is 5.56 Å². The number of hydrogen-bond acceptors (Lipinski definition) is 4. The van der Waals surface area contributed by atoms with Gasteiger partial charge in [-0.2, -0.15) is 0 Å². The number of urea groups is 1. The summed E-state index contributed by atoms with van der Waals surface area (Å²) in [6.45, 7) is 0. The molecule has 2 aromatic carbocycles. The molecule has 7 nitrogen and oxygen atoms in total. The minimum absolute atomic E-state index is 0.0135. The summed E-state index contributed by atoms with van der Waals surface area (Å²) in [5, 5.41) is 21.5. The van der Waals surface area contributed by atoms with Crippen LogP contribution in [0.2, 0.25) is 0 Å². The van der Waals surface area contributed by atoms with Crippen molar-refractivity contribution >= 4 is 17.8 Å². The number of rotatable bonds is 5. The second-order valence-corrected chi connectivity index (χ2v) is 4.76. The van der Waals surface area contributed by atoms with Crippen LogP contribution < -0.4 is 11.1 Å². The lowest BCUT2D eigenvalue weighted by Crippen LogP contribution is -2.58. The first-order valence-corrected chi connectivity index (χ1v) is 6.59. The molecule has 0 aliphatic heterocycles.